The van der Waals surface area contributed by atoms with Crippen molar-refractivity contribution in [2.45, 2.75) is 12.5 Å². The second-order valence-electron chi connectivity index (χ2n) is 6.28. The predicted molar refractivity (Wildman–Crippen MR) is 98.5 cm³/mol. The molecule has 2 aliphatic rings. The van der Waals surface area contributed by atoms with Crippen molar-refractivity contribution in [2.24, 2.45) is 0 Å². The van der Waals surface area contributed by atoms with Crippen LogP contribution in [0.15, 0.2) is 30.5 Å². The Labute approximate surface area is 155 Å². The zero-order valence-corrected chi connectivity index (χ0v) is 15.0. The summed E-state index contributed by atoms with van der Waals surface area (Å²) in [6, 6.07) is 6.42. The molecule has 0 saturated carbocycles. The second-order valence-corrected chi connectivity index (χ2v) is 6.28. The molecular weight excluding hydrogens is 350 g/mol. The van der Waals surface area contributed by atoms with Gasteiger partial charge >= 0.3 is 12.0 Å². The van der Waals surface area contributed by atoms with E-state index in [1.165, 1.54) is 20.3 Å². The molecule has 2 aromatic rings. The summed E-state index contributed by atoms with van der Waals surface area (Å²) in [6.45, 7) is 1.46. The number of nitrogens with one attached hydrogen (secondary N) is 1. The van der Waals surface area contributed by atoms with Gasteiger partial charge in [0.05, 0.1) is 20.3 Å². The Morgan fingerprint density at radius 1 is 1.30 bits per heavy atom. The Hall–Kier alpha value is -3.36. The molecule has 9 heteroatoms. The van der Waals surface area contributed by atoms with Crippen LogP contribution in [-0.2, 0) is 4.74 Å². The minimum Gasteiger partial charge on any atom is -0.494 e. The maximum absolute atomic E-state index is 13.0. The average Bonchev–Trinajstić information content (AvgIpc) is 3.11. The summed E-state index contributed by atoms with van der Waals surface area (Å²) >= 11 is 0. The molecule has 1 atom stereocenters. The van der Waals surface area contributed by atoms with Gasteiger partial charge in [-0.25, -0.2) is 19.6 Å². The Balaban J connectivity index is 1.78. The van der Waals surface area contributed by atoms with Gasteiger partial charge in [-0.1, -0.05) is 6.07 Å². The molecule has 1 saturated heterocycles. The maximum atomic E-state index is 13.0. The highest BCUT2D eigenvalue weighted by atomic mass is 16.5. The summed E-state index contributed by atoms with van der Waals surface area (Å²) in [5.41, 5.74) is 0.793. The number of carbonyl (C=O) groups is 2. The van der Waals surface area contributed by atoms with Gasteiger partial charge in [0.15, 0.2) is 11.5 Å². The van der Waals surface area contributed by atoms with Crippen molar-refractivity contribution in [1.29, 1.82) is 0 Å². The molecule has 0 unspecified atom stereocenters. The minimum atomic E-state index is -0.589. The van der Waals surface area contributed by atoms with E-state index in [9.17, 15) is 9.59 Å². The smallest absolute Gasteiger partial charge is 0.356 e. The van der Waals surface area contributed by atoms with E-state index in [4.69, 9.17) is 9.47 Å². The van der Waals surface area contributed by atoms with Gasteiger partial charge in [-0.3, -0.25) is 10.2 Å². The minimum absolute atomic E-state index is 0.0497. The zero-order valence-electron chi connectivity index (χ0n) is 15.0. The van der Waals surface area contributed by atoms with E-state index in [2.05, 4.69) is 20.2 Å². The number of methoxy groups -OCH3 is 2. The number of fused-ring (bicyclic) bond motifs is 4. The topological polar surface area (TPSA) is 96.9 Å². The number of nitrogens with zero attached hydrogens (tertiary/aromatic N) is 4. The molecule has 0 aliphatic carbocycles. The van der Waals surface area contributed by atoms with Crippen LogP contribution in [0, 0.1) is 0 Å². The van der Waals surface area contributed by atoms with Gasteiger partial charge in [-0.05, 0) is 18.6 Å². The van der Waals surface area contributed by atoms with E-state index in [0.29, 0.717) is 29.6 Å². The van der Waals surface area contributed by atoms with Crippen LogP contribution in [0.4, 0.5) is 22.1 Å². The van der Waals surface area contributed by atoms with E-state index < -0.39 is 5.97 Å². The third-order valence-corrected chi connectivity index (χ3v) is 4.75. The van der Waals surface area contributed by atoms with Gasteiger partial charge in [0, 0.05) is 25.4 Å². The molecule has 0 radical (unpaired) electrons. The lowest BCUT2D eigenvalue weighted by Crippen LogP contribution is -2.48. The number of urea groups is 1. The molecule has 27 heavy (non-hydrogen) atoms. The fourth-order valence-electron chi connectivity index (χ4n) is 3.53. The Bertz CT molecular complexity index is 889. The summed E-state index contributed by atoms with van der Waals surface area (Å²) in [5, 5.41) is 2.80. The first kappa shape index (κ1) is 17.1. The highest BCUT2D eigenvalue weighted by molar-refractivity contribution is 6.05. The number of amides is 2. The first-order chi connectivity index (χ1) is 13.1. The highest BCUT2D eigenvalue weighted by Gasteiger charge is 2.42. The molecule has 2 bridgehead atoms. The second kappa shape index (κ2) is 6.75. The van der Waals surface area contributed by atoms with Crippen molar-refractivity contribution >= 4 is 29.3 Å². The largest absolute Gasteiger partial charge is 0.494 e. The van der Waals surface area contributed by atoms with Crippen molar-refractivity contribution in [1.82, 2.24) is 9.97 Å². The third-order valence-electron chi connectivity index (χ3n) is 4.75. The molecule has 4 rings (SSSR count). The molecule has 9 nitrogen and oxygen atoms in total. The molecule has 2 aliphatic heterocycles. The van der Waals surface area contributed by atoms with Crippen molar-refractivity contribution in [3.63, 3.8) is 0 Å². The lowest BCUT2D eigenvalue weighted by atomic mass is 10.1. The molecule has 2 amide bonds. The van der Waals surface area contributed by atoms with Gasteiger partial charge in [-0.15, -0.1) is 0 Å². The van der Waals surface area contributed by atoms with Crippen LogP contribution in [0.25, 0.3) is 0 Å². The first-order valence-electron chi connectivity index (χ1n) is 8.56. The Morgan fingerprint density at radius 2 is 2.15 bits per heavy atom. The van der Waals surface area contributed by atoms with E-state index >= 15 is 0 Å². The lowest BCUT2D eigenvalue weighted by Gasteiger charge is -2.36. The summed E-state index contributed by atoms with van der Waals surface area (Å²) in [5.74, 6) is 0.725. The van der Waals surface area contributed by atoms with Crippen molar-refractivity contribution in [2.75, 3.05) is 42.4 Å². The lowest BCUT2D eigenvalue weighted by molar-refractivity contribution is 0.0593. The van der Waals surface area contributed by atoms with E-state index in [0.717, 1.165) is 13.0 Å². The van der Waals surface area contributed by atoms with Crippen LogP contribution in [0.1, 0.15) is 16.9 Å². The molecule has 2 aromatic heterocycles. The highest BCUT2D eigenvalue weighted by Crippen LogP contribution is 2.45. The summed E-state index contributed by atoms with van der Waals surface area (Å²) in [6.07, 6.45) is 2.40. The van der Waals surface area contributed by atoms with Gasteiger partial charge in [0.1, 0.15) is 17.3 Å². The zero-order chi connectivity index (χ0) is 19.0. The first-order valence-corrected chi connectivity index (χ1v) is 8.56. The maximum Gasteiger partial charge on any atom is 0.356 e. The van der Waals surface area contributed by atoms with Crippen LogP contribution in [0.2, 0.25) is 0 Å². The van der Waals surface area contributed by atoms with Gasteiger partial charge < -0.3 is 14.4 Å². The van der Waals surface area contributed by atoms with Gasteiger partial charge in [0.2, 0.25) is 0 Å². The van der Waals surface area contributed by atoms with Crippen LogP contribution >= 0.6 is 0 Å². The fourth-order valence-corrected chi connectivity index (χ4v) is 3.53. The standard InChI is InChI=1S/C18H19N5O4/c1-26-13-9-12(17(24)27-2)20-16-15(13)22-8-6-11(10-22)23(16)18(25)21-14-5-3-4-7-19-14/h3-5,7,9,11H,6,8,10H2,1-2H3,(H,19,21,25)/t11-/m0/s1. The van der Waals surface area contributed by atoms with Gasteiger partial charge in [0.25, 0.3) is 0 Å². The number of esters is 1. The van der Waals surface area contributed by atoms with Crippen molar-refractivity contribution in [3.8, 4) is 5.75 Å². The molecule has 1 N–H and O–H groups in total. The van der Waals surface area contributed by atoms with Crippen LogP contribution in [0.3, 0.4) is 0 Å². The quantitative estimate of drug-likeness (QED) is 0.825. The number of aromatic nitrogens is 2. The number of anilines is 3. The average molecular weight is 369 g/mol. The monoisotopic (exact) mass is 369 g/mol. The number of pyridine rings is 2. The van der Waals surface area contributed by atoms with Crippen molar-refractivity contribution < 1.29 is 19.1 Å². The summed E-state index contributed by atoms with van der Waals surface area (Å²) < 4.78 is 10.3. The van der Waals surface area contributed by atoms with Crippen LogP contribution in [-0.4, -0.2) is 55.3 Å². The molecule has 4 heterocycles. The number of hydrogen-bond donors (Lipinski definition) is 1. The number of rotatable bonds is 3. The number of ether oxygens (including phenoxy) is 2. The normalized spacial score (nSPS) is 17.3. The Kier molecular flexibility index (Phi) is 4.27. The third kappa shape index (κ3) is 2.90. The summed E-state index contributed by atoms with van der Waals surface area (Å²) in [7, 11) is 2.81. The predicted octanol–water partition coefficient (Wildman–Crippen LogP) is 1.90. The SMILES string of the molecule is COC(=O)c1cc(OC)c2c(n1)N(C(=O)Nc1ccccn1)[C@H]1CCN2C1. The fraction of sp³-hybridized carbons (Fsp3) is 0.333. The molecule has 0 aromatic carbocycles. The molecule has 1 fully saturated rings. The van der Waals surface area contributed by atoms with E-state index in [1.807, 2.05) is 0 Å². The number of carbonyl (C=O) groups excluding carboxylic acids is 2. The Morgan fingerprint density at radius 3 is 2.85 bits per heavy atom. The van der Waals surface area contributed by atoms with Crippen molar-refractivity contribution in [3.05, 3.63) is 36.2 Å². The molecule has 0 spiro atoms. The van der Waals surface area contributed by atoms with Crippen LogP contribution in [0.5, 0.6) is 5.75 Å². The number of hydrogen-bond acceptors (Lipinski definition) is 7. The molecular formula is C18H19N5O4. The van der Waals surface area contributed by atoms with E-state index in [1.54, 1.807) is 29.3 Å². The van der Waals surface area contributed by atoms with E-state index in [-0.39, 0.29) is 17.8 Å². The molecule has 140 valence electrons. The van der Waals surface area contributed by atoms with Gasteiger partial charge in [-0.2, -0.15) is 0 Å². The van der Waals surface area contributed by atoms with Crippen LogP contribution < -0.4 is 19.9 Å². The summed E-state index contributed by atoms with van der Waals surface area (Å²) in [4.78, 5) is 37.3.